The Morgan fingerprint density at radius 3 is 3.00 bits per heavy atom. The molecule has 14 heavy (non-hydrogen) atoms. The summed E-state index contributed by atoms with van der Waals surface area (Å²) in [6, 6.07) is 2.15. The first kappa shape index (κ1) is 9.68. The van der Waals surface area contributed by atoms with Crippen LogP contribution in [0.4, 0.5) is 0 Å². The average molecular weight is 210 g/mol. The molecule has 1 aromatic rings. The van der Waals surface area contributed by atoms with Crippen LogP contribution in [0.2, 0.25) is 0 Å². The van der Waals surface area contributed by atoms with E-state index in [1.807, 2.05) is 23.3 Å². The van der Waals surface area contributed by atoms with Crippen LogP contribution in [0.1, 0.15) is 21.7 Å². The molecule has 4 heteroatoms. The van der Waals surface area contributed by atoms with Crippen molar-refractivity contribution in [3.8, 4) is 0 Å². The normalized spacial score (nSPS) is 21.6. The number of nitrogens with zero attached hydrogens (tertiary/aromatic N) is 1. The highest BCUT2D eigenvalue weighted by atomic mass is 32.1. The van der Waals surface area contributed by atoms with E-state index >= 15 is 0 Å². The molecule has 1 aliphatic heterocycles. The van der Waals surface area contributed by atoms with Crippen LogP contribution in [0.5, 0.6) is 0 Å². The highest BCUT2D eigenvalue weighted by Gasteiger charge is 2.25. The molecule has 1 aromatic heterocycles. The van der Waals surface area contributed by atoms with Gasteiger partial charge in [-0.25, -0.2) is 0 Å². The first-order chi connectivity index (χ1) is 6.68. The molecule has 76 valence electrons. The van der Waals surface area contributed by atoms with Gasteiger partial charge in [0, 0.05) is 19.1 Å². The van der Waals surface area contributed by atoms with Crippen molar-refractivity contribution < 1.29 is 4.79 Å². The molecule has 0 aromatic carbocycles. The predicted molar refractivity (Wildman–Crippen MR) is 57.6 cm³/mol. The summed E-state index contributed by atoms with van der Waals surface area (Å²) in [4.78, 5) is 14.7. The molecule has 2 heterocycles. The number of carbonyl (C=O) groups is 1. The fourth-order valence-electron chi connectivity index (χ4n) is 1.71. The van der Waals surface area contributed by atoms with Crippen molar-refractivity contribution in [2.75, 3.05) is 13.1 Å². The van der Waals surface area contributed by atoms with E-state index in [0.717, 1.165) is 23.4 Å². The van der Waals surface area contributed by atoms with Gasteiger partial charge in [-0.3, -0.25) is 4.79 Å². The van der Waals surface area contributed by atoms with Crippen LogP contribution < -0.4 is 5.73 Å². The van der Waals surface area contributed by atoms with Gasteiger partial charge in [0.05, 0.1) is 4.88 Å². The Morgan fingerprint density at radius 2 is 2.50 bits per heavy atom. The molecule has 1 aliphatic rings. The zero-order chi connectivity index (χ0) is 10.1. The summed E-state index contributed by atoms with van der Waals surface area (Å²) in [6.07, 6.45) is 0.927. The van der Waals surface area contributed by atoms with E-state index in [2.05, 4.69) is 0 Å². The van der Waals surface area contributed by atoms with Crippen molar-refractivity contribution >= 4 is 17.2 Å². The van der Waals surface area contributed by atoms with Gasteiger partial charge in [0.25, 0.3) is 5.91 Å². The maximum atomic E-state index is 12.0. The lowest BCUT2D eigenvalue weighted by Crippen LogP contribution is -2.31. The second-order valence-electron chi connectivity index (χ2n) is 3.73. The molecule has 0 unspecified atom stereocenters. The minimum atomic E-state index is 0.144. The van der Waals surface area contributed by atoms with E-state index in [1.165, 1.54) is 11.3 Å². The van der Waals surface area contributed by atoms with Gasteiger partial charge >= 0.3 is 0 Å². The number of aryl methyl sites for hydroxylation is 1. The predicted octanol–water partition coefficient (Wildman–Crippen LogP) is 1.23. The van der Waals surface area contributed by atoms with Gasteiger partial charge in [-0.05, 0) is 30.4 Å². The summed E-state index contributed by atoms with van der Waals surface area (Å²) in [6.45, 7) is 3.48. The van der Waals surface area contributed by atoms with Gasteiger partial charge < -0.3 is 10.6 Å². The zero-order valence-electron chi connectivity index (χ0n) is 8.19. The average Bonchev–Trinajstić information content (AvgIpc) is 2.73. The lowest BCUT2D eigenvalue weighted by molar-refractivity contribution is 0.0795. The Morgan fingerprint density at radius 1 is 1.71 bits per heavy atom. The molecular formula is C10H14N2OS. The van der Waals surface area contributed by atoms with Crippen LogP contribution in [0.25, 0.3) is 0 Å². The van der Waals surface area contributed by atoms with Gasteiger partial charge in [-0.2, -0.15) is 0 Å². The summed E-state index contributed by atoms with van der Waals surface area (Å²) in [5.74, 6) is 0.144. The molecule has 2 N–H and O–H groups in total. The van der Waals surface area contributed by atoms with Crippen LogP contribution in [-0.4, -0.2) is 29.9 Å². The number of carbonyl (C=O) groups excluding carboxylic acids is 1. The van der Waals surface area contributed by atoms with E-state index < -0.39 is 0 Å². The molecule has 0 saturated carbocycles. The second kappa shape index (κ2) is 3.71. The lowest BCUT2D eigenvalue weighted by atomic mass is 10.3. The van der Waals surface area contributed by atoms with E-state index in [9.17, 15) is 4.79 Å². The smallest absolute Gasteiger partial charge is 0.264 e. The van der Waals surface area contributed by atoms with Gasteiger partial charge in [0.2, 0.25) is 0 Å². The molecule has 1 atom stereocenters. The van der Waals surface area contributed by atoms with Crippen molar-refractivity contribution in [3.05, 3.63) is 21.9 Å². The van der Waals surface area contributed by atoms with Crippen molar-refractivity contribution in [1.29, 1.82) is 0 Å². The SMILES string of the molecule is Cc1ccsc1C(=O)N1CC[C@H](N)C1. The number of rotatable bonds is 1. The summed E-state index contributed by atoms with van der Waals surface area (Å²) in [5, 5.41) is 1.96. The Bertz CT molecular complexity index is 348. The molecule has 0 radical (unpaired) electrons. The number of hydrogen-bond acceptors (Lipinski definition) is 3. The molecule has 0 aliphatic carbocycles. The van der Waals surface area contributed by atoms with Crippen LogP contribution in [-0.2, 0) is 0 Å². The maximum Gasteiger partial charge on any atom is 0.264 e. The van der Waals surface area contributed by atoms with Crippen LogP contribution in [0.3, 0.4) is 0 Å². The Kier molecular flexibility index (Phi) is 2.56. The molecule has 3 nitrogen and oxygen atoms in total. The minimum Gasteiger partial charge on any atom is -0.336 e. The summed E-state index contributed by atoms with van der Waals surface area (Å²) in [7, 11) is 0. The van der Waals surface area contributed by atoms with Gasteiger partial charge in [-0.15, -0.1) is 11.3 Å². The topological polar surface area (TPSA) is 46.3 Å². The van der Waals surface area contributed by atoms with Gasteiger partial charge in [0.1, 0.15) is 0 Å². The third kappa shape index (κ3) is 1.67. The first-order valence-corrected chi connectivity index (χ1v) is 5.65. The third-order valence-electron chi connectivity index (χ3n) is 2.57. The van der Waals surface area contributed by atoms with Crippen molar-refractivity contribution in [3.63, 3.8) is 0 Å². The minimum absolute atomic E-state index is 0.144. The highest BCUT2D eigenvalue weighted by molar-refractivity contribution is 7.12. The maximum absolute atomic E-state index is 12.0. The zero-order valence-corrected chi connectivity index (χ0v) is 9.01. The van der Waals surface area contributed by atoms with Gasteiger partial charge in [-0.1, -0.05) is 0 Å². The van der Waals surface area contributed by atoms with Crippen molar-refractivity contribution in [2.45, 2.75) is 19.4 Å². The monoisotopic (exact) mass is 210 g/mol. The molecule has 1 amide bonds. The number of thiophene rings is 1. The van der Waals surface area contributed by atoms with Crippen LogP contribution >= 0.6 is 11.3 Å². The number of hydrogen-bond donors (Lipinski definition) is 1. The fraction of sp³-hybridized carbons (Fsp3) is 0.500. The van der Waals surface area contributed by atoms with E-state index in [4.69, 9.17) is 5.73 Å². The number of nitrogens with two attached hydrogens (primary N) is 1. The lowest BCUT2D eigenvalue weighted by Gasteiger charge is -2.14. The van der Waals surface area contributed by atoms with Crippen LogP contribution in [0, 0.1) is 6.92 Å². The number of amides is 1. The highest BCUT2D eigenvalue weighted by Crippen LogP contribution is 2.20. The van der Waals surface area contributed by atoms with Crippen LogP contribution in [0.15, 0.2) is 11.4 Å². The van der Waals surface area contributed by atoms with Crippen molar-refractivity contribution in [1.82, 2.24) is 4.90 Å². The standard InChI is InChI=1S/C10H14N2OS/c1-7-3-5-14-9(7)10(13)12-4-2-8(11)6-12/h3,5,8H,2,4,6,11H2,1H3/t8-/m0/s1. The second-order valence-corrected chi connectivity index (χ2v) is 4.65. The summed E-state index contributed by atoms with van der Waals surface area (Å²) >= 11 is 1.51. The molecule has 1 fully saturated rings. The molecule has 1 saturated heterocycles. The van der Waals surface area contributed by atoms with Gasteiger partial charge in [0.15, 0.2) is 0 Å². The van der Waals surface area contributed by atoms with Crippen molar-refractivity contribution in [2.24, 2.45) is 5.73 Å². The molecule has 0 spiro atoms. The first-order valence-electron chi connectivity index (χ1n) is 4.77. The molecule has 2 rings (SSSR count). The van der Waals surface area contributed by atoms with E-state index in [0.29, 0.717) is 6.54 Å². The fourth-order valence-corrected chi connectivity index (χ4v) is 2.60. The summed E-state index contributed by atoms with van der Waals surface area (Å²) in [5.41, 5.74) is 6.83. The molecular weight excluding hydrogens is 196 g/mol. The summed E-state index contributed by atoms with van der Waals surface area (Å²) < 4.78 is 0. The quantitative estimate of drug-likeness (QED) is 0.757. The van der Waals surface area contributed by atoms with E-state index in [1.54, 1.807) is 0 Å². The van der Waals surface area contributed by atoms with E-state index in [-0.39, 0.29) is 11.9 Å². The largest absolute Gasteiger partial charge is 0.336 e. The Hall–Kier alpha value is -0.870. The Balaban J connectivity index is 2.13. The molecule has 0 bridgehead atoms. The number of likely N-dealkylation sites (tertiary alicyclic amines) is 1. The third-order valence-corrected chi connectivity index (χ3v) is 3.57. The Labute approximate surface area is 87.5 Å².